The Morgan fingerprint density at radius 2 is 2.21 bits per heavy atom. The first-order valence-corrected chi connectivity index (χ1v) is 7.41. The predicted molar refractivity (Wildman–Crippen MR) is 84.1 cm³/mol. The molecule has 1 aromatic carbocycles. The van der Waals surface area contributed by atoms with Crippen LogP contribution in [0.25, 0.3) is 0 Å². The third-order valence-electron chi connectivity index (χ3n) is 3.84. The van der Waals surface area contributed by atoms with E-state index in [0.717, 1.165) is 41.8 Å². The summed E-state index contributed by atoms with van der Waals surface area (Å²) in [6.45, 7) is 5.23. The molecule has 5 heteroatoms. The van der Waals surface area contributed by atoms with Crippen LogP contribution in [-0.4, -0.2) is 43.5 Å². The standard InChI is InChI=1S/C14H21BrN4/c1-3-11-9-19(7-6-18(11)2)13-8-10(15)4-5-12(13)14(16)17/h4-5,8,11H,3,6-7,9H2,1-2H3,(H3,16,17). The second-order valence-electron chi connectivity index (χ2n) is 5.06. The minimum atomic E-state index is 0.134. The van der Waals surface area contributed by atoms with Crippen LogP contribution in [-0.2, 0) is 0 Å². The van der Waals surface area contributed by atoms with E-state index in [0.29, 0.717) is 6.04 Å². The number of nitrogens with one attached hydrogen (secondary N) is 1. The first kappa shape index (κ1) is 14.3. The molecule has 1 fully saturated rings. The Morgan fingerprint density at radius 3 is 2.84 bits per heavy atom. The van der Waals surface area contributed by atoms with Crippen molar-refractivity contribution in [3.8, 4) is 0 Å². The zero-order valence-electron chi connectivity index (χ0n) is 11.5. The molecule has 1 unspecified atom stereocenters. The molecule has 4 nitrogen and oxygen atoms in total. The molecular formula is C14H21BrN4. The maximum Gasteiger partial charge on any atom is 0.124 e. The van der Waals surface area contributed by atoms with Gasteiger partial charge in [-0.2, -0.15) is 0 Å². The number of hydrogen-bond donors (Lipinski definition) is 2. The average molecular weight is 325 g/mol. The summed E-state index contributed by atoms with van der Waals surface area (Å²) in [6.07, 6.45) is 1.14. The van der Waals surface area contributed by atoms with E-state index in [4.69, 9.17) is 11.1 Å². The van der Waals surface area contributed by atoms with Crippen molar-refractivity contribution in [2.45, 2.75) is 19.4 Å². The number of benzene rings is 1. The molecule has 3 N–H and O–H groups in total. The minimum absolute atomic E-state index is 0.134. The summed E-state index contributed by atoms with van der Waals surface area (Å²) in [6, 6.07) is 6.48. The first-order valence-electron chi connectivity index (χ1n) is 6.62. The molecule has 1 heterocycles. The minimum Gasteiger partial charge on any atom is -0.384 e. The number of rotatable bonds is 3. The normalized spacial score (nSPS) is 20.6. The van der Waals surface area contributed by atoms with Gasteiger partial charge < -0.3 is 10.6 Å². The highest BCUT2D eigenvalue weighted by Crippen LogP contribution is 2.27. The summed E-state index contributed by atoms with van der Waals surface area (Å²) in [4.78, 5) is 4.75. The molecule has 0 saturated carbocycles. The van der Waals surface area contributed by atoms with Crippen molar-refractivity contribution in [3.05, 3.63) is 28.2 Å². The van der Waals surface area contributed by atoms with Crippen molar-refractivity contribution in [1.29, 1.82) is 5.41 Å². The van der Waals surface area contributed by atoms with Crippen LogP contribution in [0.4, 0.5) is 5.69 Å². The van der Waals surface area contributed by atoms with E-state index in [1.807, 2.05) is 12.1 Å². The highest BCUT2D eigenvalue weighted by Gasteiger charge is 2.24. The van der Waals surface area contributed by atoms with E-state index in [9.17, 15) is 0 Å². The topological polar surface area (TPSA) is 56.4 Å². The lowest BCUT2D eigenvalue weighted by Gasteiger charge is -2.41. The lowest BCUT2D eigenvalue weighted by Crippen LogP contribution is -2.51. The number of hydrogen-bond acceptors (Lipinski definition) is 3. The van der Waals surface area contributed by atoms with E-state index in [-0.39, 0.29) is 5.84 Å². The first-order chi connectivity index (χ1) is 9.02. The summed E-state index contributed by atoms with van der Waals surface area (Å²) in [5.41, 5.74) is 7.58. The van der Waals surface area contributed by atoms with Crippen molar-refractivity contribution in [1.82, 2.24) is 4.90 Å². The van der Waals surface area contributed by atoms with E-state index in [1.54, 1.807) is 0 Å². The molecule has 0 bridgehead atoms. The van der Waals surface area contributed by atoms with Crippen LogP contribution in [0.1, 0.15) is 18.9 Å². The van der Waals surface area contributed by atoms with Gasteiger partial charge in [0.25, 0.3) is 0 Å². The summed E-state index contributed by atoms with van der Waals surface area (Å²) < 4.78 is 1.03. The number of piperazine rings is 1. The van der Waals surface area contributed by atoms with Crippen LogP contribution in [0, 0.1) is 5.41 Å². The quantitative estimate of drug-likeness (QED) is 0.662. The zero-order chi connectivity index (χ0) is 14.0. The van der Waals surface area contributed by atoms with Crippen molar-refractivity contribution in [3.63, 3.8) is 0 Å². The average Bonchev–Trinajstić information content (AvgIpc) is 2.38. The van der Waals surface area contributed by atoms with Crippen LogP contribution in [0.5, 0.6) is 0 Å². The van der Waals surface area contributed by atoms with Gasteiger partial charge in [0, 0.05) is 41.4 Å². The van der Waals surface area contributed by atoms with Gasteiger partial charge in [0.05, 0.1) is 0 Å². The number of nitrogens with zero attached hydrogens (tertiary/aromatic N) is 2. The molecule has 0 aliphatic carbocycles. The molecule has 104 valence electrons. The van der Waals surface area contributed by atoms with Gasteiger partial charge in [-0.1, -0.05) is 22.9 Å². The molecule has 19 heavy (non-hydrogen) atoms. The van der Waals surface area contributed by atoms with Crippen LogP contribution in [0.3, 0.4) is 0 Å². The molecule has 0 aromatic heterocycles. The monoisotopic (exact) mass is 324 g/mol. The lowest BCUT2D eigenvalue weighted by molar-refractivity contribution is 0.213. The summed E-state index contributed by atoms with van der Waals surface area (Å²) in [5, 5.41) is 7.73. The summed E-state index contributed by atoms with van der Waals surface area (Å²) in [7, 11) is 2.18. The smallest absolute Gasteiger partial charge is 0.124 e. The van der Waals surface area contributed by atoms with Crippen LogP contribution < -0.4 is 10.6 Å². The van der Waals surface area contributed by atoms with Gasteiger partial charge in [-0.15, -0.1) is 0 Å². The van der Waals surface area contributed by atoms with Crippen molar-refractivity contribution < 1.29 is 0 Å². The number of nitrogen functional groups attached to an aromatic ring is 1. The van der Waals surface area contributed by atoms with Crippen LogP contribution in [0.2, 0.25) is 0 Å². The van der Waals surface area contributed by atoms with Crippen molar-refractivity contribution in [2.24, 2.45) is 5.73 Å². The zero-order valence-corrected chi connectivity index (χ0v) is 13.1. The largest absolute Gasteiger partial charge is 0.384 e. The SMILES string of the molecule is CCC1CN(c2cc(Br)ccc2C(=N)N)CCN1C. The van der Waals surface area contributed by atoms with Crippen LogP contribution in [0.15, 0.2) is 22.7 Å². The molecular weight excluding hydrogens is 304 g/mol. The Hall–Kier alpha value is -1.07. The van der Waals surface area contributed by atoms with Gasteiger partial charge in [-0.3, -0.25) is 10.3 Å². The van der Waals surface area contributed by atoms with Gasteiger partial charge in [0.2, 0.25) is 0 Å². The molecule has 0 amide bonds. The van der Waals surface area contributed by atoms with Gasteiger partial charge >= 0.3 is 0 Å². The van der Waals surface area contributed by atoms with Gasteiger partial charge in [0.1, 0.15) is 5.84 Å². The molecule has 1 aliphatic rings. The fourth-order valence-electron chi connectivity index (χ4n) is 2.60. The Kier molecular flexibility index (Phi) is 4.47. The summed E-state index contributed by atoms with van der Waals surface area (Å²) in [5.74, 6) is 0.134. The Labute approximate surface area is 123 Å². The number of nitrogens with two attached hydrogens (primary N) is 1. The fraction of sp³-hybridized carbons (Fsp3) is 0.500. The predicted octanol–water partition coefficient (Wildman–Crippen LogP) is 2.26. The number of halogens is 1. The molecule has 1 atom stereocenters. The molecule has 0 radical (unpaired) electrons. The summed E-state index contributed by atoms with van der Waals surface area (Å²) >= 11 is 3.51. The van der Waals surface area contributed by atoms with Gasteiger partial charge in [0.15, 0.2) is 0 Å². The Balaban J connectivity index is 2.31. The molecule has 0 spiro atoms. The van der Waals surface area contributed by atoms with Gasteiger partial charge in [-0.25, -0.2) is 0 Å². The second-order valence-corrected chi connectivity index (χ2v) is 5.98. The van der Waals surface area contributed by atoms with Crippen LogP contribution >= 0.6 is 15.9 Å². The number of anilines is 1. The molecule has 2 rings (SSSR count). The van der Waals surface area contributed by atoms with Gasteiger partial charge in [-0.05, 0) is 31.7 Å². The Bertz CT molecular complexity index is 475. The molecule has 1 saturated heterocycles. The Morgan fingerprint density at radius 1 is 1.47 bits per heavy atom. The highest BCUT2D eigenvalue weighted by atomic mass is 79.9. The van der Waals surface area contributed by atoms with E-state index < -0.39 is 0 Å². The fourth-order valence-corrected chi connectivity index (χ4v) is 2.95. The van der Waals surface area contributed by atoms with Crippen molar-refractivity contribution >= 4 is 27.5 Å². The third-order valence-corrected chi connectivity index (χ3v) is 4.33. The third kappa shape index (κ3) is 3.09. The highest BCUT2D eigenvalue weighted by molar-refractivity contribution is 9.10. The number of likely N-dealkylation sites (N-methyl/N-ethyl adjacent to an activating group) is 1. The van der Waals surface area contributed by atoms with E-state index in [2.05, 4.69) is 45.8 Å². The molecule has 1 aromatic rings. The maximum atomic E-state index is 7.73. The number of amidine groups is 1. The van der Waals surface area contributed by atoms with E-state index >= 15 is 0 Å². The maximum absolute atomic E-state index is 7.73. The molecule has 1 aliphatic heterocycles. The van der Waals surface area contributed by atoms with Crippen molar-refractivity contribution in [2.75, 3.05) is 31.6 Å². The lowest BCUT2D eigenvalue weighted by atomic mass is 10.1. The van der Waals surface area contributed by atoms with E-state index in [1.165, 1.54) is 0 Å². The second kappa shape index (κ2) is 5.92.